The zero-order chi connectivity index (χ0) is 27.4. The molecule has 0 radical (unpaired) electrons. The van der Waals surface area contributed by atoms with Crippen LogP contribution in [0.25, 0.3) is 27.6 Å². The number of anilines is 3. The lowest BCUT2D eigenvalue weighted by Crippen LogP contribution is -2.41. The third kappa shape index (κ3) is 4.21. The fourth-order valence-electron chi connectivity index (χ4n) is 5.36. The minimum atomic E-state index is -0.183. The van der Waals surface area contributed by atoms with Gasteiger partial charge in [0.15, 0.2) is 0 Å². The second kappa shape index (κ2) is 9.44. The minimum Gasteiger partial charge on any atom is -0.294 e. The molecule has 0 unspecified atom stereocenters. The molecule has 3 heterocycles. The largest absolute Gasteiger partial charge is 0.294 e. The van der Waals surface area contributed by atoms with Crippen LogP contribution >= 0.6 is 11.8 Å². The fourth-order valence-corrected chi connectivity index (χ4v) is 6.26. The first kappa shape index (κ1) is 24.8. The number of aromatic nitrogens is 2. The monoisotopic (exact) mass is 542 g/mol. The number of hydroxylamine groups is 1. The molecule has 2 aromatic heterocycles. The molecule has 4 aromatic carbocycles. The van der Waals surface area contributed by atoms with Gasteiger partial charge in [-0.15, -0.1) is 4.94 Å². The highest BCUT2D eigenvalue weighted by Crippen LogP contribution is 2.45. The molecule has 5 nitrogen and oxygen atoms in total. The minimum absolute atomic E-state index is 0.183. The van der Waals surface area contributed by atoms with E-state index in [-0.39, 0.29) is 5.54 Å². The molecular weight excluding hydrogens is 512 g/mol. The van der Waals surface area contributed by atoms with Crippen molar-refractivity contribution in [2.75, 3.05) is 10.1 Å². The van der Waals surface area contributed by atoms with Crippen LogP contribution in [0.3, 0.4) is 0 Å². The van der Waals surface area contributed by atoms with Crippen LogP contribution in [0.15, 0.2) is 119 Å². The van der Waals surface area contributed by atoms with Crippen LogP contribution in [0.2, 0.25) is 0 Å². The Balaban J connectivity index is 1.27. The standard InChI is InChI=1S/C34H30N4OS/c1-23-18-19-35-33(20-23)36-29-13-6-5-12-27(29)28-17-16-26(22-32(28)36)40-25-11-9-10-24(21-25)37-30-14-7-8-15-31(30)38(39-37)34(2,3)4/h5-22H,1-4H3. The molecule has 0 atom stereocenters. The van der Waals surface area contributed by atoms with Crippen molar-refractivity contribution in [1.82, 2.24) is 9.55 Å². The number of nitrogens with zero attached hydrogens (tertiary/aromatic N) is 4. The van der Waals surface area contributed by atoms with Gasteiger partial charge in [-0.2, -0.15) is 5.06 Å². The maximum absolute atomic E-state index is 6.40. The number of para-hydroxylation sites is 3. The van der Waals surface area contributed by atoms with Gasteiger partial charge in [0.05, 0.1) is 33.6 Å². The molecule has 0 bridgehead atoms. The van der Waals surface area contributed by atoms with E-state index in [9.17, 15) is 0 Å². The number of pyridine rings is 1. The highest BCUT2D eigenvalue weighted by Gasteiger charge is 2.35. The molecule has 0 saturated heterocycles. The Morgan fingerprint density at radius 3 is 2.27 bits per heavy atom. The predicted octanol–water partition coefficient (Wildman–Crippen LogP) is 9.24. The van der Waals surface area contributed by atoms with Crippen LogP contribution in [0.1, 0.15) is 26.3 Å². The lowest BCUT2D eigenvalue weighted by Gasteiger charge is -2.31. The maximum atomic E-state index is 6.40. The van der Waals surface area contributed by atoms with Crippen molar-refractivity contribution in [2.45, 2.75) is 43.0 Å². The van der Waals surface area contributed by atoms with E-state index in [1.54, 1.807) is 11.8 Å². The second-order valence-corrected chi connectivity index (χ2v) is 12.3. The van der Waals surface area contributed by atoms with Gasteiger partial charge in [-0.3, -0.25) is 4.57 Å². The molecular formula is C34H30N4OS. The van der Waals surface area contributed by atoms with Crippen LogP contribution in [-0.4, -0.2) is 15.1 Å². The summed E-state index contributed by atoms with van der Waals surface area (Å²) >= 11 is 1.75. The smallest absolute Gasteiger partial charge is 0.137 e. The van der Waals surface area contributed by atoms with Gasteiger partial charge in [0, 0.05) is 26.8 Å². The van der Waals surface area contributed by atoms with Crippen molar-refractivity contribution in [1.29, 1.82) is 0 Å². The van der Waals surface area contributed by atoms with E-state index >= 15 is 0 Å². The third-order valence-corrected chi connectivity index (χ3v) is 8.13. The molecule has 0 spiro atoms. The summed E-state index contributed by atoms with van der Waals surface area (Å²) in [4.78, 5) is 13.4. The molecule has 0 N–H and O–H groups in total. The van der Waals surface area contributed by atoms with Crippen molar-refractivity contribution in [3.63, 3.8) is 0 Å². The van der Waals surface area contributed by atoms with Crippen molar-refractivity contribution < 1.29 is 4.94 Å². The highest BCUT2D eigenvalue weighted by molar-refractivity contribution is 7.99. The number of rotatable bonds is 4. The van der Waals surface area contributed by atoms with Gasteiger partial charge in [0.1, 0.15) is 5.82 Å². The summed E-state index contributed by atoms with van der Waals surface area (Å²) in [5, 5.41) is 6.36. The van der Waals surface area contributed by atoms with Crippen LogP contribution in [0.5, 0.6) is 0 Å². The first-order chi connectivity index (χ1) is 19.4. The average Bonchev–Trinajstić information content (AvgIpc) is 3.50. The Bertz CT molecular complexity index is 1890. The molecule has 0 amide bonds. The number of fused-ring (bicyclic) bond motifs is 4. The Kier molecular flexibility index (Phi) is 5.84. The SMILES string of the molecule is Cc1ccnc(-n2c3ccccc3c3ccc(Sc4cccc(N5ON(C(C)(C)C)c6ccccc65)c4)cc32)c1. The zero-order valence-corrected chi connectivity index (χ0v) is 23.8. The van der Waals surface area contributed by atoms with Crippen LogP contribution in [0, 0.1) is 6.92 Å². The fraction of sp³-hybridized carbons (Fsp3) is 0.147. The van der Waals surface area contributed by atoms with Gasteiger partial charge in [0.2, 0.25) is 0 Å². The van der Waals surface area contributed by atoms with Crippen molar-refractivity contribution in [3.8, 4) is 5.82 Å². The number of hydrogen-bond donors (Lipinski definition) is 0. The van der Waals surface area contributed by atoms with Crippen molar-refractivity contribution in [2.24, 2.45) is 0 Å². The summed E-state index contributed by atoms with van der Waals surface area (Å²) < 4.78 is 2.27. The summed E-state index contributed by atoms with van der Waals surface area (Å²) in [5.74, 6) is 0.934. The summed E-state index contributed by atoms with van der Waals surface area (Å²) in [5.41, 5.74) is 6.41. The van der Waals surface area contributed by atoms with E-state index in [1.807, 2.05) is 22.4 Å². The van der Waals surface area contributed by atoms with Gasteiger partial charge < -0.3 is 0 Å². The van der Waals surface area contributed by atoms with Crippen LogP contribution in [0.4, 0.5) is 17.1 Å². The molecule has 6 heteroatoms. The highest BCUT2D eigenvalue weighted by atomic mass is 32.2. The summed E-state index contributed by atoms with van der Waals surface area (Å²) in [7, 11) is 0. The Morgan fingerprint density at radius 2 is 1.45 bits per heavy atom. The van der Waals surface area contributed by atoms with Gasteiger partial charge in [-0.05, 0) is 93.9 Å². The quantitative estimate of drug-likeness (QED) is 0.222. The van der Waals surface area contributed by atoms with Crippen molar-refractivity contribution in [3.05, 3.63) is 115 Å². The molecule has 0 saturated carbocycles. The van der Waals surface area contributed by atoms with E-state index in [4.69, 9.17) is 9.92 Å². The van der Waals surface area contributed by atoms with E-state index in [1.165, 1.54) is 21.2 Å². The molecule has 40 heavy (non-hydrogen) atoms. The van der Waals surface area contributed by atoms with Crippen molar-refractivity contribution >= 4 is 50.6 Å². The van der Waals surface area contributed by atoms with Gasteiger partial charge in [-0.1, -0.05) is 54.2 Å². The normalized spacial score (nSPS) is 13.4. The maximum Gasteiger partial charge on any atom is 0.137 e. The van der Waals surface area contributed by atoms with Crippen LogP contribution in [-0.2, 0) is 4.94 Å². The first-order valence-electron chi connectivity index (χ1n) is 13.5. The van der Waals surface area contributed by atoms with Crippen LogP contribution < -0.4 is 10.1 Å². The predicted molar refractivity (Wildman–Crippen MR) is 166 cm³/mol. The second-order valence-electron chi connectivity index (χ2n) is 11.2. The first-order valence-corrected chi connectivity index (χ1v) is 14.3. The zero-order valence-electron chi connectivity index (χ0n) is 23.0. The summed E-state index contributed by atoms with van der Waals surface area (Å²) in [6, 6.07) is 36.3. The average molecular weight is 543 g/mol. The van der Waals surface area contributed by atoms with E-state index in [0.717, 1.165) is 38.8 Å². The number of hydrogen-bond acceptors (Lipinski definition) is 5. The molecule has 198 valence electrons. The van der Waals surface area contributed by atoms with E-state index in [2.05, 4.69) is 129 Å². The molecule has 6 aromatic rings. The molecule has 0 fully saturated rings. The number of benzene rings is 4. The lowest BCUT2D eigenvalue weighted by atomic mass is 10.1. The molecule has 7 rings (SSSR count). The van der Waals surface area contributed by atoms with Gasteiger partial charge >= 0.3 is 0 Å². The Labute approximate surface area is 238 Å². The molecule has 1 aliphatic heterocycles. The lowest BCUT2D eigenvalue weighted by molar-refractivity contribution is 0.0842. The summed E-state index contributed by atoms with van der Waals surface area (Å²) in [6.45, 7) is 8.57. The third-order valence-electron chi connectivity index (χ3n) is 7.16. The summed E-state index contributed by atoms with van der Waals surface area (Å²) in [6.07, 6.45) is 1.88. The van der Waals surface area contributed by atoms with E-state index < -0.39 is 0 Å². The Hall–Kier alpha value is -4.26. The topological polar surface area (TPSA) is 33.5 Å². The molecule has 1 aliphatic rings. The molecule has 0 aliphatic carbocycles. The van der Waals surface area contributed by atoms with Gasteiger partial charge in [-0.25, -0.2) is 10.0 Å². The van der Waals surface area contributed by atoms with E-state index in [0.29, 0.717) is 0 Å². The van der Waals surface area contributed by atoms with Gasteiger partial charge in [0.25, 0.3) is 0 Å². The number of aryl methyl sites for hydroxylation is 1. The Morgan fingerprint density at radius 1 is 0.700 bits per heavy atom.